The molecule has 2 nitrogen and oxygen atoms in total. The van der Waals surface area contributed by atoms with Gasteiger partial charge in [-0.1, -0.05) is 19.1 Å². The molecule has 1 atom stereocenters. The second-order valence-corrected chi connectivity index (χ2v) is 6.45. The van der Waals surface area contributed by atoms with E-state index in [9.17, 15) is 13.2 Å². The number of halogens is 3. The summed E-state index contributed by atoms with van der Waals surface area (Å²) in [5.41, 5.74) is -3.16. The van der Waals surface area contributed by atoms with Crippen LogP contribution in [-0.2, 0) is 6.54 Å². The maximum absolute atomic E-state index is 12.3. The van der Waals surface area contributed by atoms with Gasteiger partial charge in [0.15, 0.2) is 0 Å². The summed E-state index contributed by atoms with van der Waals surface area (Å²) in [6.45, 7) is 5.92. The smallest absolute Gasteiger partial charge is 0.313 e. The molecule has 1 unspecified atom stereocenters. The van der Waals surface area contributed by atoms with Gasteiger partial charge in [0.05, 0.1) is 0 Å². The molecule has 21 heavy (non-hydrogen) atoms. The van der Waals surface area contributed by atoms with Gasteiger partial charge in [-0.2, -0.15) is 13.2 Å². The number of likely N-dealkylation sites (N-methyl/N-ethyl adjacent to an activating group) is 1. The highest BCUT2D eigenvalue weighted by molar-refractivity contribution is 8.00. The zero-order chi connectivity index (χ0) is 15.3. The van der Waals surface area contributed by atoms with Crippen molar-refractivity contribution < 1.29 is 13.2 Å². The van der Waals surface area contributed by atoms with E-state index in [4.69, 9.17) is 0 Å². The number of thioether (sulfide) groups is 1. The van der Waals surface area contributed by atoms with Crippen molar-refractivity contribution in [3.05, 3.63) is 29.8 Å². The Balaban J connectivity index is 1.88. The van der Waals surface area contributed by atoms with Crippen LogP contribution in [0, 0.1) is 0 Å². The quantitative estimate of drug-likeness (QED) is 0.802. The van der Waals surface area contributed by atoms with Gasteiger partial charge in [0.2, 0.25) is 0 Å². The number of hydrogen-bond acceptors (Lipinski definition) is 3. The molecule has 0 bridgehead atoms. The Labute approximate surface area is 128 Å². The molecular formula is C15H21F3N2S. The third kappa shape index (κ3) is 5.88. The van der Waals surface area contributed by atoms with Gasteiger partial charge in [0, 0.05) is 24.0 Å². The molecular weight excluding hydrogens is 297 g/mol. The number of alkyl halides is 3. The molecule has 6 heteroatoms. The molecule has 118 valence electrons. The molecule has 1 fully saturated rings. The van der Waals surface area contributed by atoms with Crippen LogP contribution < -0.4 is 5.32 Å². The van der Waals surface area contributed by atoms with Crippen LogP contribution in [0.1, 0.15) is 25.3 Å². The molecule has 0 aliphatic carbocycles. The van der Waals surface area contributed by atoms with Crippen molar-refractivity contribution in [3.8, 4) is 0 Å². The zero-order valence-corrected chi connectivity index (χ0v) is 12.9. The van der Waals surface area contributed by atoms with Crippen LogP contribution in [0.4, 0.5) is 13.2 Å². The molecule has 0 spiro atoms. The molecule has 1 aromatic rings. The van der Waals surface area contributed by atoms with Crippen LogP contribution in [0.2, 0.25) is 0 Å². The van der Waals surface area contributed by atoms with Crippen LogP contribution in [0.3, 0.4) is 0 Å². The topological polar surface area (TPSA) is 15.3 Å². The Morgan fingerprint density at radius 2 is 2.00 bits per heavy atom. The maximum atomic E-state index is 12.3. The number of nitrogens with one attached hydrogen (secondary N) is 1. The molecule has 2 rings (SSSR count). The van der Waals surface area contributed by atoms with Gasteiger partial charge in [0.1, 0.15) is 0 Å². The Morgan fingerprint density at radius 1 is 1.29 bits per heavy atom. The lowest BCUT2D eigenvalue weighted by Crippen LogP contribution is -2.37. The van der Waals surface area contributed by atoms with Crippen LogP contribution in [-0.4, -0.2) is 36.1 Å². The fourth-order valence-electron chi connectivity index (χ4n) is 2.58. The van der Waals surface area contributed by atoms with E-state index in [1.54, 1.807) is 24.3 Å². The average Bonchev–Trinajstić information content (AvgIpc) is 2.91. The Morgan fingerprint density at radius 3 is 2.52 bits per heavy atom. The summed E-state index contributed by atoms with van der Waals surface area (Å²) >= 11 is -0.0634. The van der Waals surface area contributed by atoms with E-state index in [1.165, 1.54) is 12.8 Å². The van der Waals surface area contributed by atoms with Crippen LogP contribution in [0.15, 0.2) is 29.2 Å². The molecule has 0 amide bonds. The van der Waals surface area contributed by atoms with Crippen molar-refractivity contribution in [2.45, 2.75) is 42.8 Å². The van der Waals surface area contributed by atoms with Gasteiger partial charge >= 0.3 is 5.51 Å². The highest BCUT2D eigenvalue weighted by Crippen LogP contribution is 2.36. The van der Waals surface area contributed by atoms with Crippen molar-refractivity contribution in [3.63, 3.8) is 0 Å². The fraction of sp³-hybridized carbons (Fsp3) is 0.600. The van der Waals surface area contributed by atoms with Gasteiger partial charge in [-0.05, 0) is 55.4 Å². The molecule has 1 aromatic carbocycles. The van der Waals surface area contributed by atoms with E-state index >= 15 is 0 Å². The lowest BCUT2D eigenvalue weighted by Gasteiger charge is -2.24. The van der Waals surface area contributed by atoms with E-state index in [0.29, 0.717) is 6.04 Å². The minimum Gasteiger partial charge on any atom is -0.313 e. The first-order chi connectivity index (χ1) is 9.96. The van der Waals surface area contributed by atoms with E-state index < -0.39 is 5.51 Å². The fourth-order valence-corrected chi connectivity index (χ4v) is 3.12. The average molecular weight is 318 g/mol. The van der Waals surface area contributed by atoms with E-state index in [1.807, 2.05) is 0 Å². The Kier molecular flexibility index (Phi) is 5.96. The first kappa shape index (κ1) is 16.6. The third-order valence-corrected chi connectivity index (χ3v) is 4.39. The number of rotatable bonds is 6. The summed E-state index contributed by atoms with van der Waals surface area (Å²) in [6.07, 6.45) is 2.43. The normalized spacial score (nSPS) is 19.4. The van der Waals surface area contributed by atoms with E-state index in [0.717, 1.165) is 31.7 Å². The lowest BCUT2D eigenvalue weighted by atomic mass is 10.1. The van der Waals surface area contributed by atoms with Crippen molar-refractivity contribution in [2.75, 3.05) is 19.6 Å². The van der Waals surface area contributed by atoms with Crippen LogP contribution >= 0.6 is 11.8 Å². The molecule has 0 saturated carbocycles. The minimum atomic E-state index is -4.22. The Hall–Kier alpha value is -0.720. The van der Waals surface area contributed by atoms with Crippen molar-refractivity contribution in [2.24, 2.45) is 0 Å². The number of hydrogen-bond donors (Lipinski definition) is 1. The van der Waals surface area contributed by atoms with Gasteiger partial charge in [-0.25, -0.2) is 0 Å². The molecule has 1 N–H and O–H groups in total. The molecule has 0 radical (unpaired) electrons. The van der Waals surface area contributed by atoms with Crippen molar-refractivity contribution in [1.82, 2.24) is 10.2 Å². The minimum absolute atomic E-state index is 0.0634. The maximum Gasteiger partial charge on any atom is 0.446 e. The van der Waals surface area contributed by atoms with Crippen LogP contribution in [0.25, 0.3) is 0 Å². The summed E-state index contributed by atoms with van der Waals surface area (Å²) in [5.74, 6) is 0. The SMILES string of the molecule is CCN(Cc1ccc(SC(F)(F)F)cc1)CC1CCCN1. The van der Waals surface area contributed by atoms with Crippen molar-refractivity contribution >= 4 is 11.8 Å². The first-order valence-corrected chi connectivity index (χ1v) is 8.08. The van der Waals surface area contributed by atoms with Gasteiger partial charge in [-0.15, -0.1) is 0 Å². The van der Waals surface area contributed by atoms with Gasteiger partial charge in [0.25, 0.3) is 0 Å². The first-order valence-electron chi connectivity index (χ1n) is 7.26. The highest BCUT2D eigenvalue weighted by Gasteiger charge is 2.29. The zero-order valence-electron chi connectivity index (χ0n) is 12.1. The van der Waals surface area contributed by atoms with E-state index in [-0.39, 0.29) is 16.7 Å². The van der Waals surface area contributed by atoms with Crippen molar-refractivity contribution in [1.29, 1.82) is 0 Å². The second kappa shape index (κ2) is 7.51. The largest absolute Gasteiger partial charge is 0.446 e. The molecule has 1 saturated heterocycles. The molecule has 1 aliphatic rings. The number of benzene rings is 1. The third-order valence-electron chi connectivity index (χ3n) is 3.65. The Bertz CT molecular complexity index is 428. The lowest BCUT2D eigenvalue weighted by molar-refractivity contribution is -0.0328. The summed E-state index contributed by atoms with van der Waals surface area (Å²) < 4.78 is 36.8. The molecule has 0 aromatic heterocycles. The summed E-state index contributed by atoms with van der Waals surface area (Å²) in [5, 5.41) is 3.47. The second-order valence-electron chi connectivity index (χ2n) is 5.31. The molecule has 1 heterocycles. The predicted octanol–water partition coefficient (Wildman–Crippen LogP) is 3.87. The van der Waals surface area contributed by atoms with Gasteiger partial charge < -0.3 is 5.32 Å². The summed E-state index contributed by atoms with van der Waals surface area (Å²) in [6, 6.07) is 7.23. The number of nitrogens with zero attached hydrogens (tertiary/aromatic N) is 1. The van der Waals surface area contributed by atoms with E-state index in [2.05, 4.69) is 17.1 Å². The van der Waals surface area contributed by atoms with Crippen LogP contribution in [0.5, 0.6) is 0 Å². The summed E-state index contributed by atoms with van der Waals surface area (Å²) in [4.78, 5) is 2.57. The standard InChI is InChI=1S/C15H21F3N2S/c1-2-20(11-13-4-3-9-19-13)10-12-5-7-14(8-6-12)21-15(16,17)18/h5-8,13,19H,2-4,9-11H2,1H3. The van der Waals surface area contributed by atoms with Gasteiger partial charge in [-0.3, -0.25) is 4.90 Å². The summed E-state index contributed by atoms with van der Waals surface area (Å²) in [7, 11) is 0. The molecule has 1 aliphatic heterocycles. The predicted molar refractivity (Wildman–Crippen MR) is 80.3 cm³/mol. The monoisotopic (exact) mass is 318 g/mol. The highest BCUT2D eigenvalue weighted by atomic mass is 32.2.